The fraction of sp³-hybridized carbons (Fsp3) is 0.438. The van der Waals surface area contributed by atoms with E-state index in [0.29, 0.717) is 0 Å². The van der Waals surface area contributed by atoms with Crippen LogP contribution < -0.4 is 5.73 Å². The summed E-state index contributed by atoms with van der Waals surface area (Å²) in [6.45, 7) is 10.7. The number of aryl methyl sites for hydroxylation is 2. The van der Waals surface area contributed by atoms with Crippen molar-refractivity contribution in [2.24, 2.45) is 5.73 Å². The van der Waals surface area contributed by atoms with Gasteiger partial charge in [-0.3, -0.25) is 0 Å². The Labute approximate surface area is 119 Å². The Bertz CT molecular complexity index is 579. The van der Waals surface area contributed by atoms with Crippen molar-refractivity contribution in [3.05, 3.63) is 51.0 Å². The van der Waals surface area contributed by atoms with Gasteiger partial charge in [-0.1, -0.05) is 44.5 Å². The maximum atomic E-state index is 6.37. The molecule has 0 saturated heterocycles. The summed E-state index contributed by atoms with van der Waals surface area (Å²) in [7, 11) is 0. The number of hydrogen-bond donors (Lipinski definition) is 1. The van der Waals surface area contributed by atoms with Gasteiger partial charge in [-0.15, -0.1) is 11.3 Å². The lowest BCUT2D eigenvalue weighted by Gasteiger charge is -2.16. The van der Waals surface area contributed by atoms with Crippen molar-refractivity contribution >= 4 is 11.3 Å². The minimum Gasteiger partial charge on any atom is -0.318 e. The molecule has 1 aromatic heterocycles. The molecule has 2 nitrogen and oxygen atoms in total. The molecule has 0 aliphatic rings. The summed E-state index contributed by atoms with van der Waals surface area (Å²) < 4.78 is 0. The second kappa shape index (κ2) is 5.06. The van der Waals surface area contributed by atoms with E-state index in [9.17, 15) is 0 Å². The zero-order valence-corrected chi connectivity index (χ0v) is 13.1. The number of thiazole rings is 1. The highest BCUT2D eigenvalue weighted by atomic mass is 32.1. The standard InChI is InChI=1S/C16H22N2S/c1-10-6-7-12(11(2)8-10)14(17)15-18-13(9-19-15)16(3,4)5/h6-9,14H,17H2,1-5H3. The largest absolute Gasteiger partial charge is 0.318 e. The molecule has 19 heavy (non-hydrogen) atoms. The highest BCUT2D eigenvalue weighted by Gasteiger charge is 2.21. The van der Waals surface area contributed by atoms with Crippen LogP contribution in [0.3, 0.4) is 0 Å². The summed E-state index contributed by atoms with van der Waals surface area (Å²) >= 11 is 1.66. The summed E-state index contributed by atoms with van der Waals surface area (Å²) in [5, 5.41) is 3.12. The summed E-state index contributed by atoms with van der Waals surface area (Å²) in [5.41, 5.74) is 11.2. The highest BCUT2D eigenvalue weighted by Crippen LogP contribution is 2.30. The molecule has 2 N–H and O–H groups in total. The van der Waals surface area contributed by atoms with E-state index in [1.807, 2.05) is 0 Å². The zero-order valence-electron chi connectivity index (χ0n) is 12.3. The maximum Gasteiger partial charge on any atom is 0.114 e. The second-order valence-corrected chi connectivity index (χ2v) is 7.05. The molecule has 1 heterocycles. The van der Waals surface area contributed by atoms with Gasteiger partial charge in [0, 0.05) is 10.8 Å². The molecule has 2 rings (SSSR count). The molecule has 0 saturated carbocycles. The van der Waals surface area contributed by atoms with Crippen LogP contribution in [0, 0.1) is 13.8 Å². The Kier molecular flexibility index (Phi) is 3.79. The van der Waals surface area contributed by atoms with Crippen molar-refractivity contribution in [2.75, 3.05) is 0 Å². The molecule has 0 radical (unpaired) electrons. The minimum atomic E-state index is -0.123. The first kappa shape index (κ1) is 14.2. The number of hydrogen-bond acceptors (Lipinski definition) is 3. The number of aromatic nitrogens is 1. The summed E-state index contributed by atoms with van der Waals surface area (Å²) in [6.07, 6.45) is 0. The van der Waals surface area contributed by atoms with Gasteiger partial charge in [0.1, 0.15) is 5.01 Å². The number of rotatable bonds is 2. The van der Waals surface area contributed by atoms with Crippen molar-refractivity contribution < 1.29 is 0 Å². The predicted molar refractivity (Wildman–Crippen MR) is 82.8 cm³/mol. The van der Waals surface area contributed by atoms with Gasteiger partial charge in [0.05, 0.1) is 11.7 Å². The van der Waals surface area contributed by atoms with Crippen molar-refractivity contribution in [1.29, 1.82) is 0 Å². The normalized spacial score (nSPS) is 13.6. The Balaban J connectivity index is 2.34. The van der Waals surface area contributed by atoms with E-state index in [2.05, 4.69) is 58.2 Å². The van der Waals surface area contributed by atoms with Crippen LogP contribution in [0.1, 0.15) is 54.2 Å². The van der Waals surface area contributed by atoms with Crippen molar-refractivity contribution in [3.63, 3.8) is 0 Å². The molecule has 1 unspecified atom stereocenters. The molecule has 0 spiro atoms. The van der Waals surface area contributed by atoms with Crippen molar-refractivity contribution in [3.8, 4) is 0 Å². The third-order valence-corrected chi connectivity index (χ3v) is 4.24. The van der Waals surface area contributed by atoms with E-state index < -0.39 is 0 Å². The Morgan fingerprint density at radius 2 is 1.89 bits per heavy atom. The van der Waals surface area contributed by atoms with Gasteiger partial charge >= 0.3 is 0 Å². The molecule has 0 aliphatic carbocycles. The molecule has 0 bridgehead atoms. The van der Waals surface area contributed by atoms with Gasteiger partial charge in [0.15, 0.2) is 0 Å². The molecule has 3 heteroatoms. The average Bonchev–Trinajstić information content (AvgIpc) is 2.76. The zero-order chi connectivity index (χ0) is 14.2. The van der Waals surface area contributed by atoms with E-state index in [1.165, 1.54) is 16.7 Å². The molecule has 102 valence electrons. The fourth-order valence-corrected chi connectivity index (χ4v) is 3.15. The lowest BCUT2D eigenvalue weighted by molar-refractivity contribution is 0.569. The molecular weight excluding hydrogens is 252 g/mol. The van der Waals surface area contributed by atoms with E-state index in [-0.39, 0.29) is 11.5 Å². The smallest absolute Gasteiger partial charge is 0.114 e. The van der Waals surface area contributed by atoms with Crippen LogP contribution in [-0.4, -0.2) is 4.98 Å². The minimum absolute atomic E-state index is 0.0801. The topological polar surface area (TPSA) is 38.9 Å². The van der Waals surface area contributed by atoms with Crippen LogP contribution in [0.25, 0.3) is 0 Å². The third-order valence-electron chi connectivity index (χ3n) is 3.32. The molecular formula is C16H22N2S. The lowest BCUT2D eigenvalue weighted by atomic mass is 9.93. The van der Waals surface area contributed by atoms with Crippen LogP contribution in [0.5, 0.6) is 0 Å². The Morgan fingerprint density at radius 3 is 2.42 bits per heavy atom. The lowest BCUT2D eigenvalue weighted by Crippen LogP contribution is -2.15. The van der Waals surface area contributed by atoms with E-state index in [1.54, 1.807) is 11.3 Å². The van der Waals surface area contributed by atoms with Crippen LogP contribution in [0.15, 0.2) is 23.6 Å². The van der Waals surface area contributed by atoms with Crippen molar-refractivity contribution in [2.45, 2.75) is 46.1 Å². The van der Waals surface area contributed by atoms with E-state index >= 15 is 0 Å². The van der Waals surface area contributed by atoms with E-state index in [4.69, 9.17) is 10.7 Å². The number of nitrogens with zero attached hydrogens (tertiary/aromatic N) is 1. The van der Waals surface area contributed by atoms with E-state index in [0.717, 1.165) is 10.7 Å². The van der Waals surface area contributed by atoms with Crippen LogP contribution in [0.2, 0.25) is 0 Å². The van der Waals surface area contributed by atoms with Gasteiger partial charge in [0.25, 0.3) is 0 Å². The number of benzene rings is 1. The van der Waals surface area contributed by atoms with Gasteiger partial charge in [-0.25, -0.2) is 4.98 Å². The van der Waals surface area contributed by atoms with Gasteiger partial charge in [0.2, 0.25) is 0 Å². The molecule has 0 amide bonds. The molecule has 0 fully saturated rings. The van der Waals surface area contributed by atoms with Gasteiger partial charge in [-0.2, -0.15) is 0 Å². The highest BCUT2D eigenvalue weighted by molar-refractivity contribution is 7.09. The van der Waals surface area contributed by atoms with Crippen LogP contribution in [-0.2, 0) is 5.41 Å². The summed E-state index contributed by atoms with van der Waals surface area (Å²) in [4.78, 5) is 4.71. The quantitative estimate of drug-likeness (QED) is 0.895. The van der Waals surface area contributed by atoms with Crippen LogP contribution >= 0.6 is 11.3 Å². The number of nitrogens with two attached hydrogens (primary N) is 1. The average molecular weight is 274 g/mol. The Morgan fingerprint density at radius 1 is 1.21 bits per heavy atom. The predicted octanol–water partition coefficient (Wildman–Crippen LogP) is 4.11. The first-order chi connectivity index (χ1) is 8.79. The monoisotopic (exact) mass is 274 g/mol. The SMILES string of the molecule is Cc1ccc(C(N)c2nc(C(C)(C)C)cs2)c(C)c1. The van der Waals surface area contributed by atoms with Crippen LogP contribution in [0.4, 0.5) is 0 Å². The molecule has 2 aromatic rings. The van der Waals surface area contributed by atoms with Gasteiger partial charge in [-0.05, 0) is 25.0 Å². The summed E-state index contributed by atoms with van der Waals surface area (Å²) in [6, 6.07) is 6.28. The molecule has 1 atom stereocenters. The van der Waals surface area contributed by atoms with Crippen molar-refractivity contribution in [1.82, 2.24) is 4.98 Å². The maximum absolute atomic E-state index is 6.37. The molecule has 0 aliphatic heterocycles. The fourth-order valence-electron chi connectivity index (χ4n) is 2.08. The summed E-state index contributed by atoms with van der Waals surface area (Å²) in [5.74, 6) is 0. The first-order valence-electron chi connectivity index (χ1n) is 6.57. The first-order valence-corrected chi connectivity index (χ1v) is 7.45. The third kappa shape index (κ3) is 3.04. The Hall–Kier alpha value is -1.19. The molecule has 1 aromatic carbocycles. The van der Waals surface area contributed by atoms with Gasteiger partial charge < -0.3 is 5.73 Å². The second-order valence-electron chi connectivity index (χ2n) is 6.16.